The summed E-state index contributed by atoms with van der Waals surface area (Å²) in [4.78, 5) is 11.3. The van der Waals surface area contributed by atoms with Crippen LogP contribution in [0.1, 0.15) is 5.56 Å². The Labute approximate surface area is 102 Å². The number of aromatic hydroxyl groups is 2. The van der Waals surface area contributed by atoms with Gasteiger partial charge in [0.25, 0.3) is 0 Å². The van der Waals surface area contributed by atoms with Crippen molar-refractivity contribution in [2.45, 2.75) is 6.92 Å². The third kappa shape index (κ3) is 1.99. The number of rotatable bonds is 1. The van der Waals surface area contributed by atoms with Crippen LogP contribution < -0.4 is 5.63 Å². The van der Waals surface area contributed by atoms with Gasteiger partial charge in [0, 0.05) is 16.1 Å². The molecule has 0 unspecified atom stereocenters. The Morgan fingerprint density at radius 3 is 2.29 bits per heavy atom. The summed E-state index contributed by atoms with van der Waals surface area (Å²) in [5.41, 5.74) is -0.0817. The van der Waals surface area contributed by atoms with Gasteiger partial charge >= 0.3 is 5.63 Å². The van der Waals surface area contributed by atoms with Crippen LogP contribution >= 0.6 is 11.6 Å². The molecule has 0 fully saturated rings. The molecule has 1 aromatic heterocycles. The molecule has 0 saturated heterocycles. The molecule has 0 atom stereocenters. The Morgan fingerprint density at radius 2 is 1.71 bits per heavy atom. The first kappa shape index (κ1) is 11.5. The van der Waals surface area contributed by atoms with Gasteiger partial charge in [0.05, 0.1) is 0 Å². The fourth-order valence-corrected chi connectivity index (χ4v) is 1.60. The van der Waals surface area contributed by atoms with Gasteiger partial charge in [-0.3, -0.25) is 0 Å². The van der Waals surface area contributed by atoms with E-state index >= 15 is 0 Å². The van der Waals surface area contributed by atoms with Crippen LogP contribution in [-0.2, 0) is 0 Å². The monoisotopic (exact) mass is 252 g/mol. The summed E-state index contributed by atoms with van der Waals surface area (Å²) in [6, 6.07) is 6.59. The lowest BCUT2D eigenvalue weighted by atomic mass is 10.1. The minimum Gasteiger partial charge on any atom is -0.504 e. The maximum atomic E-state index is 11.3. The van der Waals surface area contributed by atoms with Crippen molar-refractivity contribution in [2.24, 2.45) is 0 Å². The van der Waals surface area contributed by atoms with E-state index in [-0.39, 0.29) is 5.76 Å². The predicted octanol–water partition coefficient (Wildman–Crippen LogP) is 2.68. The van der Waals surface area contributed by atoms with Gasteiger partial charge in [-0.1, -0.05) is 11.6 Å². The van der Waals surface area contributed by atoms with Crippen molar-refractivity contribution >= 4 is 11.6 Å². The summed E-state index contributed by atoms with van der Waals surface area (Å²) < 4.78 is 4.94. The fourth-order valence-electron chi connectivity index (χ4n) is 1.48. The topological polar surface area (TPSA) is 70.7 Å². The highest BCUT2D eigenvalue weighted by Gasteiger charge is 2.16. The summed E-state index contributed by atoms with van der Waals surface area (Å²) in [6.07, 6.45) is 0. The largest absolute Gasteiger partial charge is 0.504 e. The molecule has 0 aliphatic rings. The molecule has 17 heavy (non-hydrogen) atoms. The average Bonchev–Trinajstić information content (AvgIpc) is 2.32. The Bertz CT molecular complexity index is 614. The molecule has 0 aliphatic heterocycles. The summed E-state index contributed by atoms with van der Waals surface area (Å²) in [5.74, 6) is -1.03. The van der Waals surface area contributed by atoms with E-state index in [4.69, 9.17) is 16.0 Å². The Morgan fingerprint density at radius 1 is 1.12 bits per heavy atom. The molecule has 0 aliphatic carbocycles. The van der Waals surface area contributed by atoms with Crippen LogP contribution in [0.3, 0.4) is 0 Å². The van der Waals surface area contributed by atoms with Crippen LogP contribution in [0, 0.1) is 6.92 Å². The van der Waals surface area contributed by atoms with Gasteiger partial charge < -0.3 is 14.6 Å². The van der Waals surface area contributed by atoms with E-state index in [1.54, 1.807) is 31.2 Å². The first-order valence-electron chi connectivity index (χ1n) is 4.82. The van der Waals surface area contributed by atoms with Crippen molar-refractivity contribution in [3.05, 3.63) is 45.3 Å². The summed E-state index contributed by atoms with van der Waals surface area (Å²) in [6.45, 7) is 1.54. The molecule has 88 valence electrons. The molecule has 0 saturated carbocycles. The lowest BCUT2D eigenvalue weighted by Gasteiger charge is -2.07. The smallest absolute Gasteiger partial charge is 0.382 e. The molecule has 2 N–H and O–H groups in total. The minimum absolute atomic E-state index is 0.210. The number of benzene rings is 1. The molecule has 0 bridgehead atoms. The molecule has 2 rings (SSSR count). The van der Waals surface area contributed by atoms with E-state index in [0.29, 0.717) is 16.1 Å². The van der Waals surface area contributed by atoms with Crippen LogP contribution in [-0.4, -0.2) is 10.2 Å². The zero-order valence-electron chi connectivity index (χ0n) is 8.90. The lowest BCUT2D eigenvalue weighted by Crippen LogP contribution is -2.01. The van der Waals surface area contributed by atoms with Gasteiger partial charge in [-0.25, -0.2) is 4.79 Å². The second-order valence-electron chi connectivity index (χ2n) is 3.55. The van der Waals surface area contributed by atoms with Crippen LogP contribution in [0.4, 0.5) is 0 Å². The summed E-state index contributed by atoms with van der Waals surface area (Å²) in [7, 11) is 0. The Hall–Kier alpha value is -1.94. The van der Waals surface area contributed by atoms with Crippen molar-refractivity contribution in [2.75, 3.05) is 0 Å². The first-order valence-corrected chi connectivity index (χ1v) is 5.20. The zero-order chi connectivity index (χ0) is 12.6. The van der Waals surface area contributed by atoms with E-state index in [9.17, 15) is 15.0 Å². The zero-order valence-corrected chi connectivity index (χ0v) is 9.65. The SMILES string of the molecule is Cc1c(-c2ccc(Cl)cc2)oc(=O)c(O)c1O. The van der Waals surface area contributed by atoms with Crippen molar-refractivity contribution in [1.29, 1.82) is 0 Å². The first-order chi connectivity index (χ1) is 8.00. The number of hydrogen-bond acceptors (Lipinski definition) is 4. The molecule has 4 nitrogen and oxygen atoms in total. The van der Waals surface area contributed by atoms with E-state index in [0.717, 1.165) is 0 Å². The highest BCUT2D eigenvalue weighted by Crippen LogP contribution is 2.33. The minimum atomic E-state index is -0.974. The van der Waals surface area contributed by atoms with Gasteiger partial charge in [-0.15, -0.1) is 0 Å². The predicted molar refractivity (Wildman–Crippen MR) is 63.5 cm³/mol. The average molecular weight is 253 g/mol. The summed E-state index contributed by atoms with van der Waals surface area (Å²) >= 11 is 5.74. The third-order valence-electron chi connectivity index (χ3n) is 2.41. The van der Waals surface area contributed by atoms with E-state index < -0.39 is 17.1 Å². The van der Waals surface area contributed by atoms with Crippen LogP contribution in [0.15, 0.2) is 33.5 Å². The highest BCUT2D eigenvalue weighted by molar-refractivity contribution is 6.30. The van der Waals surface area contributed by atoms with Gasteiger partial charge in [0.1, 0.15) is 5.76 Å². The van der Waals surface area contributed by atoms with E-state index in [1.807, 2.05) is 0 Å². The Kier molecular flexibility index (Phi) is 2.81. The second-order valence-corrected chi connectivity index (χ2v) is 3.98. The van der Waals surface area contributed by atoms with Crippen molar-refractivity contribution in [3.63, 3.8) is 0 Å². The molecular weight excluding hydrogens is 244 g/mol. The number of hydrogen-bond donors (Lipinski definition) is 2. The van der Waals surface area contributed by atoms with Crippen molar-refractivity contribution in [1.82, 2.24) is 0 Å². The maximum Gasteiger partial charge on any atom is 0.382 e. The fraction of sp³-hybridized carbons (Fsp3) is 0.0833. The van der Waals surface area contributed by atoms with Gasteiger partial charge in [-0.2, -0.15) is 0 Å². The van der Waals surface area contributed by atoms with Crippen molar-refractivity contribution in [3.8, 4) is 22.8 Å². The molecule has 1 heterocycles. The van der Waals surface area contributed by atoms with E-state index in [1.165, 1.54) is 0 Å². The normalized spacial score (nSPS) is 10.5. The van der Waals surface area contributed by atoms with Crippen LogP contribution in [0.5, 0.6) is 11.5 Å². The standard InChI is InChI=1S/C12H9ClO4/c1-6-9(14)10(15)12(16)17-11(6)7-2-4-8(13)5-3-7/h2-5,14-15H,1H3. The quantitative estimate of drug-likeness (QED) is 0.819. The van der Waals surface area contributed by atoms with Crippen LogP contribution in [0.2, 0.25) is 5.02 Å². The van der Waals surface area contributed by atoms with Crippen LogP contribution in [0.25, 0.3) is 11.3 Å². The Balaban J connectivity index is 2.68. The highest BCUT2D eigenvalue weighted by atomic mass is 35.5. The van der Waals surface area contributed by atoms with Gasteiger partial charge in [-0.05, 0) is 31.2 Å². The molecular formula is C12H9ClO4. The van der Waals surface area contributed by atoms with E-state index in [2.05, 4.69) is 0 Å². The molecule has 0 amide bonds. The third-order valence-corrected chi connectivity index (χ3v) is 2.67. The van der Waals surface area contributed by atoms with Crippen molar-refractivity contribution < 1.29 is 14.6 Å². The molecule has 5 heteroatoms. The molecule has 0 radical (unpaired) electrons. The van der Waals surface area contributed by atoms with Gasteiger partial charge in [0.15, 0.2) is 5.75 Å². The second kappa shape index (κ2) is 4.14. The number of halogens is 1. The molecule has 1 aromatic carbocycles. The lowest BCUT2D eigenvalue weighted by molar-refractivity contribution is 0.364. The molecule has 2 aromatic rings. The maximum absolute atomic E-state index is 11.3. The van der Waals surface area contributed by atoms with Gasteiger partial charge in [0.2, 0.25) is 5.75 Å². The summed E-state index contributed by atoms with van der Waals surface area (Å²) in [5, 5.41) is 19.3. The molecule has 0 spiro atoms.